The molecule has 2 aliphatic heterocycles. The van der Waals surface area contributed by atoms with E-state index in [2.05, 4.69) is 16.0 Å². The van der Waals surface area contributed by atoms with Crippen LogP contribution < -0.4 is 21.5 Å². The number of rotatable bonds is 10. The first kappa shape index (κ1) is 38.7. The normalized spacial score (nSPS) is 19.8. The fourth-order valence-electron chi connectivity index (χ4n) is 9.66. The number of halogens is 1. The van der Waals surface area contributed by atoms with Gasteiger partial charge in [0.25, 0.3) is 11.5 Å². The third kappa shape index (κ3) is 6.11. The van der Waals surface area contributed by atoms with Crippen LogP contribution in [0.3, 0.4) is 0 Å². The first-order valence-electron chi connectivity index (χ1n) is 20.5. The Bertz CT molecular complexity index is 2770. The molecular formula is C46H42FN5O9. The lowest BCUT2D eigenvalue weighted by atomic mass is 9.81. The second kappa shape index (κ2) is 14.3. The highest BCUT2D eigenvalue weighted by atomic mass is 19.1. The lowest BCUT2D eigenvalue weighted by Crippen LogP contribution is -2.44. The maximum Gasteiger partial charge on any atom is 0.407 e. The molecule has 2 aromatic heterocycles. The molecule has 4 heterocycles. The molecule has 15 heteroatoms. The molecule has 4 N–H and O–H groups in total. The largest absolute Gasteiger partial charge is 0.458 e. The lowest BCUT2D eigenvalue weighted by molar-refractivity contribution is -0.172. The molecule has 3 aromatic carbocycles. The smallest absolute Gasteiger partial charge is 0.407 e. The van der Waals surface area contributed by atoms with Crippen LogP contribution in [0.1, 0.15) is 89.1 Å². The summed E-state index contributed by atoms with van der Waals surface area (Å²) in [5.41, 5.74) is 4.87. The number of aryl methyl sites for hydroxylation is 1. The van der Waals surface area contributed by atoms with Crippen molar-refractivity contribution in [2.45, 2.75) is 82.3 Å². The number of fused-ring (bicyclic) bond motifs is 8. The maximum atomic E-state index is 15.4. The third-order valence-corrected chi connectivity index (χ3v) is 13.2. The van der Waals surface area contributed by atoms with Crippen LogP contribution in [0.25, 0.3) is 33.4 Å². The Balaban J connectivity index is 0.817. The van der Waals surface area contributed by atoms with Gasteiger partial charge in [-0.25, -0.2) is 19.0 Å². The van der Waals surface area contributed by atoms with E-state index in [1.54, 1.807) is 19.9 Å². The molecule has 61 heavy (non-hydrogen) atoms. The fourth-order valence-corrected chi connectivity index (χ4v) is 9.66. The van der Waals surface area contributed by atoms with Gasteiger partial charge in [-0.05, 0) is 84.0 Å². The molecule has 0 bridgehead atoms. The summed E-state index contributed by atoms with van der Waals surface area (Å²) in [6.45, 7) is 2.63. The summed E-state index contributed by atoms with van der Waals surface area (Å²) in [5.74, 6) is -2.29. The standard InChI is InChI=1S/C46H42FN5O9/c1-3-46(58)32-16-36-40-29(19-52(36)41(54)31(32)21-59-43(46)56)39-34(13-12-24-23(2)33(47)17-35(50-40)38(24)39)51-42(55)45(14-15-45)61-22-49-37(53)18-48-44(57)60-20-30-27-10-6-4-8-25(27)26-9-5-7-11-28(26)30/h4-11,16-17,30,34,58H,3,12-15,18-22H2,1-2H3,(H,48,57)(H,49,53)(H,51,55)/t34-,46-/m0/s1. The Hall–Kier alpha value is -6.45. The van der Waals surface area contributed by atoms with E-state index in [9.17, 15) is 29.1 Å². The average Bonchev–Trinajstić information content (AvgIpc) is 3.87. The van der Waals surface area contributed by atoms with Crippen LogP contribution in [0.5, 0.6) is 0 Å². The number of aliphatic hydroxyl groups is 1. The van der Waals surface area contributed by atoms with E-state index in [0.29, 0.717) is 59.1 Å². The zero-order valence-electron chi connectivity index (χ0n) is 33.5. The molecule has 1 fully saturated rings. The second-order valence-electron chi connectivity index (χ2n) is 16.4. The van der Waals surface area contributed by atoms with Crippen molar-refractivity contribution in [1.29, 1.82) is 0 Å². The average molecular weight is 828 g/mol. The van der Waals surface area contributed by atoms with Crippen LogP contribution in [0.4, 0.5) is 9.18 Å². The van der Waals surface area contributed by atoms with Gasteiger partial charge in [0, 0.05) is 28.5 Å². The highest BCUT2D eigenvalue weighted by Gasteiger charge is 2.53. The van der Waals surface area contributed by atoms with Gasteiger partial charge in [-0.3, -0.25) is 14.4 Å². The summed E-state index contributed by atoms with van der Waals surface area (Å²) in [6, 6.07) is 18.4. The number of benzene rings is 3. The van der Waals surface area contributed by atoms with Crippen molar-refractivity contribution in [3.05, 3.63) is 121 Å². The number of nitrogens with zero attached hydrogens (tertiary/aromatic N) is 2. The molecule has 14 nitrogen and oxygen atoms in total. The molecule has 5 aliphatic rings. The van der Waals surface area contributed by atoms with Crippen molar-refractivity contribution >= 4 is 34.8 Å². The van der Waals surface area contributed by atoms with Crippen molar-refractivity contribution in [3.8, 4) is 22.5 Å². The van der Waals surface area contributed by atoms with Crippen molar-refractivity contribution in [3.63, 3.8) is 0 Å². The number of ether oxygens (including phenoxy) is 3. The Morgan fingerprint density at radius 3 is 2.43 bits per heavy atom. The summed E-state index contributed by atoms with van der Waals surface area (Å²) in [5, 5.41) is 20.3. The molecule has 10 rings (SSSR count). The third-order valence-electron chi connectivity index (χ3n) is 13.2. The summed E-state index contributed by atoms with van der Waals surface area (Å²) >= 11 is 0. The van der Waals surface area contributed by atoms with E-state index < -0.39 is 46.6 Å². The number of cyclic esters (lactones) is 1. The lowest BCUT2D eigenvalue weighted by Gasteiger charge is -2.31. The van der Waals surface area contributed by atoms with Crippen molar-refractivity contribution < 1.29 is 42.9 Å². The monoisotopic (exact) mass is 827 g/mol. The van der Waals surface area contributed by atoms with E-state index in [1.807, 2.05) is 48.5 Å². The molecular weight excluding hydrogens is 786 g/mol. The van der Waals surface area contributed by atoms with E-state index >= 15 is 4.39 Å². The summed E-state index contributed by atoms with van der Waals surface area (Å²) < 4.78 is 33.6. The van der Waals surface area contributed by atoms with Gasteiger partial charge in [-0.15, -0.1) is 0 Å². The Morgan fingerprint density at radius 2 is 1.72 bits per heavy atom. The quantitative estimate of drug-likeness (QED) is 0.111. The topological polar surface area (TPSA) is 187 Å². The van der Waals surface area contributed by atoms with Crippen LogP contribution >= 0.6 is 0 Å². The Labute approximate surface area is 348 Å². The minimum absolute atomic E-state index is 0.0153. The van der Waals surface area contributed by atoms with Gasteiger partial charge < -0.3 is 39.8 Å². The van der Waals surface area contributed by atoms with Gasteiger partial charge in [-0.1, -0.05) is 55.5 Å². The number of carbonyl (C=O) groups is 4. The number of esters is 1. The van der Waals surface area contributed by atoms with E-state index in [4.69, 9.17) is 19.2 Å². The van der Waals surface area contributed by atoms with Crippen LogP contribution in [-0.2, 0) is 53.8 Å². The van der Waals surface area contributed by atoms with E-state index in [1.165, 1.54) is 10.6 Å². The summed E-state index contributed by atoms with van der Waals surface area (Å²) in [6.07, 6.45) is 0.971. The highest BCUT2D eigenvalue weighted by molar-refractivity contribution is 5.95. The van der Waals surface area contributed by atoms with Crippen LogP contribution in [0.2, 0.25) is 0 Å². The predicted octanol–water partition coefficient (Wildman–Crippen LogP) is 4.79. The van der Waals surface area contributed by atoms with Gasteiger partial charge in [0.15, 0.2) is 5.60 Å². The molecule has 2 atom stereocenters. The molecule has 3 aliphatic carbocycles. The SMILES string of the molecule is CC[C@@]1(O)C(=O)OCc2c1cc1n(c2=O)Cc2c-1nc1cc(F)c(C)c3c1c2[C@@H](NC(=O)C1(OCNC(=O)CNC(=O)OCC2c4ccccc4-c4ccccc42)CC1)CC3. The number of aromatic nitrogens is 2. The van der Waals surface area contributed by atoms with Crippen LogP contribution in [0, 0.1) is 12.7 Å². The second-order valence-corrected chi connectivity index (χ2v) is 16.4. The van der Waals surface area contributed by atoms with Crippen molar-refractivity contribution in [2.24, 2.45) is 0 Å². The number of amides is 3. The zero-order chi connectivity index (χ0) is 42.4. The number of nitrogens with one attached hydrogen (secondary N) is 3. The Morgan fingerprint density at radius 1 is 1.00 bits per heavy atom. The number of hydrogen-bond acceptors (Lipinski definition) is 10. The minimum atomic E-state index is -2.01. The van der Waals surface area contributed by atoms with Crippen LogP contribution in [0.15, 0.2) is 65.5 Å². The molecule has 3 amide bonds. The maximum absolute atomic E-state index is 15.4. The zero-order valence-corrected chi connectivity index (χ0v) is 33.5. The Kier molecular flexibility index (Phi) is 9.11. The molecule has 0 saturated heterocycles. The molecule has 0 unspecified atom stereocenters. The number of carbonyl (C=O) groups excluding carboxylic acids is 4. The fraction of sp³-hybridized carbons (Fsp3) is 0.348. The molecule has 0 radical (unpaired) electrons. The number of alkyl carbamates (subject to hydrolysis) is 1. The van der Waals surface area contributed by atoms with Gasteiger partial charge in [0.1, 0.15) is 37.9 Å². The number of pyridine rings is 2. The van der Waals surface area contributed by atoms with Crippen molar-refractivity contribution in [2.75, 3.05) is 19.9 Å². The van der Waals surface area contributed by atoms with Gasteiger partial charge in [-0.2, -0.15) is 0 Å². The first-order valence-corrected chi connectivity index (χ1v) is 20.5. The van der Waals surface area contributed by atoms with Gasteiger partial charge >= 0.3 is 12.1 Å². The molecule has 312 valence electrons. The minimum Gasteiger partial charge on any atom is -0.458 e. The number of hydrogen-bond donors (Lipinski definition) is 4. The van der Waals surface area contributed by atoms with E-state index in [-0.39, 0.29) is 62.4 Å². The first-order chi connectivity index (χ1) is 29.4. The molecule has 1 saturated carbocycles. The van der Waals surface area contributed by atoms with Crippen molar-refractivity contribution in [1.82, 2.24) is 25.5 Å². The van der Waals surface area contributed by atoms with Gasteiger partial charge in [0.05, 0.1) is 35.1 Å². The van der Waals surface area contributed by atoms with Gasteiger partial charge in [0.2, 0.25) is 5.91 Å². The van der Waals surface area contributed by atoms with E-state index in [0.717, 1.165) is 33.4 Å². The van der Waals surface area contributed by atoms with Crippen LogP contribution in [-0.4, -0.2) is 64.0 Å². The summed E-state index contributed by atoms with van der Waals surface area (Å²) in [7, 11) is 0. The summed E-state index contributed by atoms with van der Waals surface area (Å²) in [4.78, 5) is 71.0. The molecule has 5 aromatic rings. The predicted molar refractivity (Wildman–Crippen MR) is 218 cm³/mol. The highest BCUT2D eigenvalue weighted by Crippen LogP contribution is 2.48. The molecule has 0 spiro atoms.